The highest BCUT2D eigenvalue weighted by molar-refractivity contribution is 8.76. The molecule has 6 rings (SSSR count). The molecule has 0 unspecified atom stereocenters. The van der Waals surface area contributed by atoms with Gasteiger partial charge in [-0.25, -0.2) is 0 Å². The first-order valence-corrected chi connectivity index (χ1v) is 21.7. The van der Waals surface area contributed by atoms with E-state index in [1.165, 1.54) is 6.92 Å². The first kappa shape index (κ1) is 40.0. The number of phenols is 1. The van der Waals surface area contributed by atoms with Crippen molar-refractivity contribution in [1.29, 1.82) is 0 Å². The Kier molecular flexibility index (Phi) is 13.8. The van der Waals surface area contributed by atoms with Crippen molar-refractivity contribution in [3.63, 3.8) is 0 Å². The summed E-state index contributed by atoms with van der Waals surface area (Å²) in [6.45, 7) is 3.98. The standard InChI is InChI=1S/C39H57N5O7S2/c1-25(46)50-33-21-29(47)8-12-39-11-7-26-4-3-10-38(24-41-14-16-52-53-17-15-42-37(40)44-35(39)5-2-6-36(39)49)22-30(9-13-43-38)51-34-20-27(18-31(26)33)28(23-45)19-32(34)48/h2,5,19-20,26,29-31,33,35-36,41,43,45,47-49H,3-4,6,8-10,12-18,21-24H2,1H3,(H3,40,42,44)/t26-,29+,30+,31+,33+,35-,36-,38-,39-/m1/s1. The number of aliphatic hydroxyl groups excluding tert-OH is 3. The van der Waals surface area contributed by atoms with Crippen LogP contribution in [0.3, 0.4) is 0 Å². The molecule has 0 radical (unpaired) electrons. The summed E-state index contributed by atoms with van der Waals surface area (Å²) < 4.78 is 12.7. The van der Waals surface area contributed by atoms with Gasteiger partial charge in [0.25, 0.3) is 0 Å². The molecule has 1 saturated heterocycles. The van der Waals surface area contributed by atoms with E-state index in [1.807, 2.05) is 18.2 Å². The number of aromatic hydroxyl groups is 1. The average Bonchev–Trinajstić information content (AvgIpc) is 3.12. The summed E-state index contributed by atoms with van der Waals surface area (Å²) in [7, 11) is 3.57. The van der Waals surface area contributed by atoms with Crippen molar-refractivity contribution < 1.29 is 34.7 Å². The van der Waals surface area contributed by atoms with Crippen LogP contribution in [0.15, 0.2) is 29.3 Å². The van der Waals surface area contributed by atoms with Crippen molar-refractivity contribution in [3.05, 3.63) is 35.4 Å². The Morgan fingerprint density at radius 1 is 1.17 bits per heavy atom. The van der Waals surface area contributed by atoms with Crippen LogP contribution in [0.25, 0.3) is 0 Å². The van der Waals surface area contributed by atoms with E-state index in [0.29, 0.717) is 50.0 Å². The van der Waals surface area contributed by atoms with Gasteiger partial charge in [0.2, 0.25) is 0 Å². The number of hydrogen-bond donors (Lipinski definition) is 8. The Labute approximate surface area is 321 Å². The van der Waals surface area contributed by atoms with Crippen LogP contribution in [0, 0.1) is 29.1 Å². The number of rotatable bonds is 2. The van der Waals surface area contributed by atoms with E-state index < -0.39 is 35.7 Å². The second-order valence-corrected chi connectivity index (χ2v) is 18.0. The summed E-state index contributed by atoms with van der Waals surface area (Å²) in [6.07, 6.45) is 7.01. The molecule has 5 aliphatic rings. The number of phenolic OH excluding ortho intramolecular Hbond substituents is 1. The highest BCUT2D eigenvalue weighted by atomic mass is 33.1. The number of hydrogen-bond acceptors (Lipinski definition) is 14. The molecule has 3 heterocycles. The predicted molar refractivity (Wildman–Crippen MR) is 210 cm³/mol. The maximum Gasteiger partial charge on any atom is 0.302 e. The van der Waals surface area contributed by atoms with E-state index in [2.05, 4.69) is 32.8 Å². The third-order valence-corrected chi connectivity index (χ3v) is 14.0. The molecule has 1 fully saturated rings. The second kappa shape index (κ2) is 18.3. The van der Waals surface area contributed by atoms with Gasteiger partial charge in [0.15, 0.2) is 17.5 Å². The lowest BCUT2D eigenvalue weighted by atomic mass is 9.66. The predicted octanol–water partition coefficient (Wildman–Crippen LogP) is 2.76. The summed E-state index contributed by atoms with van der Waals surface area (Å²) in [5.74, 6) is 8.49. The van der Waals surface area contributed by atoms with E-state index in [0.717, 1.165) is 62.4 Å². The van der Waals surface area contributed by atoms with Crippen molar-refractivity contribution in [1.82, 2.24) is 16.0 Å². The molecule has 2 spiro atoms. The molecular formula is C39H57N5O7S2. The van der Waals surface area contributed by atoms with E-state index >= 15 is 0 Å². The van der Waals surface area contributed by atoms with E-state index in [-0.39, 0.29) is 48.2 Å². The number of guanidine groups is 1. The third kappa shape index (κ3) is 9.97. The monoisotopic (exact) mass is 771 g/mol. The number of aliphatic hydroxyl groups is 3. The molecule has 53 heavy (non-hydrogen) atoms. The first-order valence-electron chi connectivity index (χ1n) is 19.2. The van der Waals surface area contributed by atoms with Crippen LogP contribution in [0.4, 0.5) is 0 Å². The molecule has 14 heteroatoms. The highest BCUT2D eigenvalue weighted by Crippen LogP contribution is 2.43. The molecule has 1 aromatic carbocycles. The molecule has 12 nitrogen and oxygen atoms in total. The lowest BCUT2D eigenvalue weighted by Gasteiger charge is -2.43. The van der Waals surface area contributed by atoms with Gasteiger partial charge < -0.3 is 51.6 Å². The maximum absolute atomic E-state index is 12.7. The van der Waals surface area contributed by atoms with Crippen molar-refractivity contribution in [2.24, 2.45) is 28.0 Å². The van der Waals surface area contributed by atoms with E-state index in [4.69, 9.17) is 15.2 Å². The van der Waals surface area contributed by atoms with Crippen LogP contribution in [0.5, 0.6) is 11.5 Å². The van der Waals surface area contributed by atoms with Gasteiger partial charge in [0.05, 0.1) is 36.8 Å². The SMILES string of the molecule is CC(=O)O[C@H]1C[C@@H](O)CC[C@]23C#C[C@H]4CCC[C@]5(CNCCSSCCN=C(N)N[C@@H]2C=CC[C@H]3O)C[C@H](CCN5)Oc2cc(c(CO)cc2O)C[C@H]14. The number of nitrogens with two attached hydrogens (primary N) is 1. The van der Waals surface area contributed by atoms with E-state index in [1.54, 1.807) is 27.7 Å². The van der Waals surface area contributed by atoms with Crippen LogP contribution in [0.1, 0.15) is 75.8 Å². The van der Waals surface area contributed by atoms with Crippen molar-refractivity contribution >= 4 is 33.5 Å². The Bertz CT molecular complexity index is 1550. The van der Waals surface area contributed by atoms with Crippen LogP contribution < -0.4 is 26.4 Å². The van der Waals surface area contributed by atoms with Crippen LogP contribution in [-0.4, -0.2) is 106 Å². The minimum Gasteiger partial charge on any atom is -0.504 e. The molecule has 9 atom stereocenters. The van der Waals surface area contributed by atoms with Crippen LogP contribution >= 0.6 is 21.6 Å². The second-order valence-electron chi connectivity index (χ2n) is 15.3. The number of nitrogens with zero attached hydrogens (tertiary/aromatic N) is 1. The smallest absolute Gasteiger partial charge is 0.302 e. The highest BCUT2D eigenvalue weighted by Gasteiger charge is 2.46. The Balaban J connectivity index is 1.51. The number of piperidine rings is 1. The minimum absolute atomic E-state index is 0.0290. The Hall–Kier alpha value is -2.64. The minimum atomic E-state index is -0.972. The van der Waals surface area contributed by atoms with Gasteiger partial charge in [-0.15, -0.1) is 0 Å². The molecule has 3 aliphatic heterocycles. The van der Waals surface area contributed by atoms with Gasteiger partial charge in [-0.05, 0) is 74.8 Å². The summed E-state index contributed by atoms with van der Waals surface area (Å²) >= 11 is 0. The molecule has 292 valence electrons. The Morgan fingerprint density at radius 3 is 2.85 bits per heavy atom. The fourth-order valence-corrected chi connectivity index (χ4v) is 10.7. The molecule has 2 aliphatic carbocycles. The lowest BCUT2D eigenvalue weighted by molar-refractivity contribution is -0.152. The quantitative estimate of drug-likeness (QED) is 0.0950. The first-order chi connectivity index (χ1) is 25.6. The van der Waals surface area contributed by atoms with Gasteiger partial charge in [-0.1, -0.05) is 52.0 Å². The van der Waals surface area contributed by atoms with Gasteiger partial charge in [0, 0.05) is 61.7 Å². The lowest BCUT2D eigenvalue weighted by Crippen LogP contribution is -2.59. The van der Waals surface area contributed by atoms with Gasteiger partial charge in [-0.2, -0.15) is 0 Å². The zero-order chi connectivity index (χ0) is 37.4. The van der Waals surface area contributed by atoms with Gasteiger partial charge >= 0.3 is 5.97 Å². The normalized spacial score (nSPS) is 35.8. The number of benzene rings is 1. The van der Waals surface area contributed by atoms with E-state index in [9.17, 15) is 25.2 Å². The topological polar surface area (TPSA) is 191 Å². The number of aliphatic imine (C=N–C) groups is 1. The fraction of sp³-hybridized carbons (Fsp3) is 0.692. The number of fused-ring (bicyclic) bond motifs is 5. The molecular weight excluding hydrogens is 715 g/mol. The molecule has 0 saturated carbocycles. The molecule has 0 amide bonds. The molecule has 1 aromatic rings. The number of ether oxygens (including phenoxy) is 2. The molecule has 6 bridgehead atoms. The molecule has 0 aromatic heterocycles. The third-order valence-electron chi connectivity index (χ3n) is 11.7. The van der Waals surface area contributed by atoms with Gasteiger partial charge in [0.1, 0.15) is 12.2 Å². The number of carbonyl (C=O) groups is 1. The number of nitrogens with one attached hydrogen (secondary N) is 3. The number of carbonyl (C=O) groups excluding carboxylic acids is 1. The summed E-state index contributed by atoms with van der Waals surface area (Å²) in [6, 6.07) is 2.94. The average molecular weight is 772 g/mol. The van der Waals surface area contributed by atoms with Crippen molar-refractivity contribution in [2.45, 2.75) is 114 Å². The summed E-state index contributed by atoms with van der Waals surface area (Å²) in [4.78, 5) is 17.3. The largest absolute Gasteiger partial charge is 0.504 e. The number of esters is 1. The van der Waals surface area contributed by atoms with Crippen LogP contribution in [-0.2, 0) is 22.6 Å². The zero-order valence-electron chi connectivity index (χ0n) is 30.7. The zero-order valence-corrected chi connectivity index (χ0v) is 32.4. The summed E-state index contributed by atoms with van der Waals surface area (Å²) in [5.41, 5.74) is 6.53. The molecule has 9 N–H and O–H groups in total. The summed E-state index contributed by atoms with van der Waals surface area (Å²) in [5, 5.41) is 56.0. The maximum atomic E-state index is 12.7. The van der Waals surface area contributed by atoms with Crippen molar-refractivity contribution in [3.8, 4) is 23.3 Å². The van der Waals surface area contributed by atoms with Crippen molar-refractivity contribution in [2.75, 3.05) is 37.7 Å². The van der Waals surface area contributed by atoms with Crippen LogP contribution in [0.2, 0.25) is 0 Å². The van der Waals surface area contributed by atoms with Gasteiger partial charge in [-0.3, -0.25) is 9.79 Å². The fourth-order valence-electron chi connectivity index (χ4n) is 8.89. The Morgan fingerprint density at radius 2 is 2.02 bits per heavy atom.